The molecule has 0 radical (unpaired) electrons. The van der Waals surface area contributed by atoms with Gasteiger partial charge in [0.2, 0.25) is 0 Å². The van der Waals surface area contributed by atoms with Gasteiger partial charge in [0, 0.05) is 34.7 Å². The molecule has 10 heteroatoms. The highest BCUT2D eigenvalue weighted by Crippen LogP contribution is 2.54. The lowest BCUT2D eigenvalue weighted by Crippen LogP contribution is -2.63. The molecule has 1 saturated carbocycles. The van der Waals surface area contributed by atoms with E-state index in [0.29, 0.717) is 18.0 Å². The van der Waals surface area contributed by atoms with Crippen LogP contribution < -0.4 is 5.73 Å². The molecule has 6 N–H and O–H groups in total. The van der Waals surface area contributed by atoms with Crippen LogP contribution in [0.4, 0.5) is 4.39 Å². The normalized spacial score (nSPS) is 29.9. The third-order valence-electron chi connectivity index (χ3n) is 9.18. The third-order valence-corrected chi connectivity index (χ3v) is 9.18. The van der Waals surface area contributed by atoms with Crippen LogP contribution in [0.25, 0.3) is 5.76 Å². The van der Waals surface area contributed by atoms with E-state index < -0.39 is 58.1 Å². The summed E-state index contributed by atoms with van der Waals surface area (Å²) in [6, 6.07) is 0.338. The number of primary amides is 1. The number of likely N-dealkylation sites (N-methyl/N-ethyl adjacent to an activating group) is 1. The third kappa shape index (κ3) is 3.99. The topological polar surface area (TPSA) is 148 Å². The number of carbonyl (C=O) groups excluding carboxylic acids is 2. The van der Waals surface area contributed by atoms with Crippen molar-refractivity contribution in [2.45, 2.75) is 50.8 Å². The first kappa shape index (κ1) is 27.4. The van der Waals surface area contributed by atoms with Crippen LogP contribution >= 0.6 is 0 Å². The molecule has 2 fully saturated rings. The predicted molar refractivity (Wildman–Crippen MR) is 142 cm³/mol. The van der Waals surface area contributed by atoms with Gasteiger partial charge in [-0.1, -0.05) is 13.5 Å². The summed E-state index contributed by atoms with van der Waals surface area (Å²) in [6.45, 7) is 7.91. The molecule has 1 heterocycles. The van der Waals surface area contributed by atoms with Crippen molar-refractivity contribution in [3.63, 3.8) is 0 Å². The summed E-state index contributed by atoms with van der Waals surface area (Å²) in [5.41, 5.74) is 2.49. The fourth-order valence-electron chi connectivity index (χ4n) is 7.09. The van der Waals surface area contributed by atoms with E-state index in [4.69, 9.17) is 5.73 Å². The minimum absolute atomic E-state index is 0.0110. The fraction of sp³-hybridized carbons (Fsp3) is 0.517. The van der Waals surface area contributed by atoms with Crippen molar-refractivity contribution in [2.75, 3.05) is 27.2 Å². The lowest BCUT2D eigenvalue weighted by Gasteiger charge is -2.52. The average Bonchev–Trinajstić information content (AvgIpc) is 2.85. The van der Waals surface area contributed by atoms with Crippen LogP contribution in [0.5, 0.6) is 5.75 Å². The van der Waals surface area contributed by atoms with Gasteiger partial charge in [-0.25, -0.2) is 4.39 Å². The van der Waals surface area contributed by atoms with E-state index in [1.54, 1.807) is 19.0 Å². The molecule has 39 heavy (non-hydrogen) atoms. The summed E-state index contributed by atoms with van der Waals surface area (Å²) in [4.78, 5) is 29.9. The first-order valence-electron chi connectivity index (χ1n) is 13.3. The molecule has 0 bridgehead atoms. The molecule has 9 nitrogen and oxygen atoms in total. The molecule has 0 unspecified atom stereocenters. The number of Topliss-reactive ketones (excluding diaryl/α,β-unsaturated/α-hetero) is 1. The molecule has 210 valence electrons. The molecule has 4 aliphatic rings. The molecule has 0 aromatic heterocycles. The van der Waals surface area contributed by atoms with Gasteiger partial charge in [-0.2, -0.15) is 0 Å². The van der Waals surface area contributed by atoms with E-state index >= 15 is 4.39 Å². The number of aromatic hydroxyl groups is 1. The van der Waals surface area contributed by atoms with Gasteiger partial charge < -0.3 is 26.2 Å². The number of amides is 1. The Kier molecular flexibility index (Phi) is 6.64. The van der Waals surface area contributed by atoms with E-state index in [0.717, 1.165) is 25.9 Å². The summed E-state index contributed by atoms with van der Waals surface area (Å²) < 4.78 is 15.9. The largest absolute Gasteiger partial charge is 0.510 e. The Balaban J connectivity index is 1.60. The average molecular weight is 542 g/mol. The first-order valence-corrected chi connectivity index (χ1v) is 13.3. The Labute approximate surface area is 226 Å². The monoisotopic (exact) mass is 541 g/mol. The van der Waals surface area contributed by atoms with Crippen LogP contribution in [0.15, 0.2) is 35.1 Å². The lowest BCUT2D eigenvalue weighted by molar-refractivity contribution is -0.143. The van der Waals surface area contributed by atoms with Gasteiger partial charge >= 0.3 is 0 Å². The number of piperidine rings is 1. The van der Waals surface area contributed by atoms with E-state index in [-0.39, 0.29) is 40.9 Å². The highest BCUT2D eigenvalue weighted by atomic mass is 19.1. The van der Waals surface area contributed by atoms with Gasteiger partial charge in [-0.15, -0.1) is 0 Å². The SMILES string of the molecule is C=C1C(C(N)=O)=C(O)[C@@H](N(C)C)[C@@H]2C[C@@H]3Cc4c(F)c(CN5CCC(C)CC5)cc(O)c4C(O)=C3C(=O)[C@]12O. The number of ketones is 1. The second kappa shape index (κ2) is 9.46. The second-order valence-electron chi connectivity index (χ2n) is 11.8. The van der Waals surface area contributed by atoms with Gasteiger partial charge in [0.05, 0.1) is 17.2 Å². The highest BCUT2D eigenvalue weighted by Gasteiger charge is 2.62. The molecule has 1 aromatic carbocycles. The van der Waals surface area contributed by atoms with E-state index in [1.807, 2.05) is 0 Å². The number of hydrogen-bond donors (Lipinski definition) is 5. The van der Waals surface area contributed by atoms with Gasteiger partial charge in [0.25, 0.3) is 5.91 Å². The van der Waals surface area contributed by atoms with E-state index in [9.17, 15) is 30.0 Å². The summed E-state index contributed by atoms with van der Waals surface area (Å²) in [5.74, 6) is -4.85. The Morgan fingerprint density at radius 1 is 1.26 bits per heavy atom. The summed E-state index contributed by atoms with van der Waals surface area (Å²) >= 11 is 0. The number of aliphatic hydroxyl groups excluding tert-OH is 2. The maximum atomic E-state index is 15.9. The number of likely N-dealkylation sites (tertiary alicyclic amines) is 1. The number of nitrogens with zero attached hydrogens (tertiary/aromatic N) is 2. The van der Waals surface area contributed by atoms with Crippen LogP contribution in [0, 0.1) is 23.6 Å². The molecule has 1 saturated heterocycles. The highest BCUT2D eigenvalue weighted by molar-refractivity contribution is 6.13. The van der Waals surface area contributed by atoms with Crippen molar-refractivity contribution >= 4 is 17.4 Å². The van der Waals surface area contributed by atoms with Crippen molar-refractivity contribution in [1.29, 1.82) is 0 Å². The zero-order valence-electron chi connectivity index (χ0n) is 22.5. The number of benzene rings is 1. The molecule has 1 amide bonds. The van der Waals surface area contributed by atoms with Crippen molar-refractivity contribution in [2.24, 2.45) is 23.5 Å². The Hall–Kier alpha value is -3.21. The molecule has 3 aliphatic carbocycles. The van der Waals surface area contributed by atoms with Crippen LogP contribution in [0.2, 0.25) is 0 Å². The summed E-state index contributed by atoms with van der Waals surface area (Å²) in [5, 5.41) is 45.0. The van der Waals surface area contributed by atoms with Crippen LogP contribution in [-0.4, -0.2) is 80.7 Å². The number of phenolic OH excluding ortho intramolecular Hbond substituents is 1. The summed E-state index contributed by atoms with van der Waals surface area (Å²) in [7, 11) is 3.26. The Morgan fingerprint density at radius 2 is 1.90 bits per heavy atom. The van der Waals surface area contributed by atoms with Crippen molar-refractivity contribution in [3.8, 4) is 5.75 Å². The standard InChI is InChI=1S/C29H36FN3O6/c1-13-5-7-33(8-6-13)12-16-11-19(34)22-17(23(16)30)9-15-10-18-24(32(3)4)26(36)20(28(31)38)14(2)29(18,39)27(37)21(15)25(22)35/h11,13,15,18,24,34-36,39H,2,5-10,12H2,1,3-4H3,(H2,31,38)/t15-,18-,24-,29-/m0/s1. The van der Waals surface area contributed by atoms with Gasteiger partial charge in [0.1, 0.15) is 23.1 Å². The maximum Gasteiger partial charge on any atom is 0.252 e. The van der Waals surface area contributed by atoms with Gasteiger partial charge in [-0.3, -0.25) is 19.4 Å². The molecular weight excluding hydrogens is 505 g/mol. The fourth-order valence-corrected chi connectivity index (χ4v) is 7.09. The zero-order chi connectivity index (χ0) is 28.5. The van der Waals surface area contributed by atoms with Crippen molar-refractivity contribution in [1.82, 2.24) is 9.80 Å². The Bertz CT molecular complexity index is 1340. The van der Waals surface area contributed by atoms with E-state index in [1.165, 1.54) is 6.07 Å². The predicted octanol–water partition coefficient (Wildman–Crippen LogP) is 2.32. The lowest BCUT2D eigenvalue weighted by atomic mass is 9.56. The number of phenols is 1. The number of fused-ring (bicyclic) bond motifs is 3. The number of rotatable bonds is 4. The minimum atomic E-state index is -2.34. The number of halogens is 1. The van der Waals surface area contributed by atoms with Crippen LogP contribution in [0.1, 0.15) is 42.9 Å². The number of hydrogen-bond acceptors (Lipinski definition) is 8. The van der Waals surface area contributed by atoms with Crippen LogP contribution in [-0.2, 0) is 22.6 Å². The van der Waals surface area contributed by atoms with Crippen molar-refractivity contribution < 1.29 is 34.4 Å². The quantitative estimate of drug-likeness (QED) is 0.390. The Morgan fingerprint density at radius 3 is 2.49 bits per heavy atom. The molecule has 5 rings (SSSR count). The smallest absolute Gasteiger partial charge is 0.252 e. The molecule has 1 aromatic rings. The van der Waals surface area contributed by atoms with Gasteiger partial charge in [0.15, 0.2) is 11.4 Å². The summed E-state index contributed by atoms with van der Waals surface area (Å²) in [6.07, 6.45) is 2.11. The van der Waals surface area contributed by atoms with Crippen molar-refractivity contribution in [3.05, 3.63) is 57.6 Å². The molecule has 0 spiro atoms. The molecular formula is C29H36FN3O6. The maximum absolute atomic E-state index is 15.9. The first-order chi connectivity index (χ1) is 18.3. The number of carbonyl (C=O) groups is 2. The number of aliphatic hydroxyl groups is 3. The van der Waals surface area contributed by atoms with E-state index in [2.05, 4.69) is 18.4 Å². The minimum Gasteiger partial charge on any atom is -0.510 e. The number of nitrogens with two attached hydrogens (primary N) is 1. The second-order valence-corrected chi connectivity index (χ2v) is 11.8. The molecule has 1 aliphatic heterocycles. The van der Waals surface area contributed by atoms with Gasteiger partial charge in [-0.05, 0) is 70.8 Å². The molecule has 4 atom stereocenters. The van der Waals surface area contributed by atoms with Crippen LogP contribution in [0.3, 0.4) is 0 Å². The zero-order valence-corrected chi connectivity index (χ0v) is 22.5.